The van der Waals surface area contributed by atoms with Crippen LogP contribution in [-0.4, -0.2) is 27.5 Å². The van der Waals surface area contributed by atoms with Gasteiger partial charge in [0.2, 0.25) is 5.16 Å². The Hall–Kier alpha value is -2.27. The van der Waals surface area contributed by atoms with Gasteiger partial charge in [0.25, 0.3) is 0 Å². The maximum Gasteiger partial charge on any atom is 0.208 e. The van der Waals surface area contributed by atoms with Gasteiger partial charge in [-0.15, -0.1) is 5.10 Å². The van der Waals surface area contributed by atoms with Crippen LogP contribution in [0.1, 0.15) is 17.5 Å². The molecule has 0 bridgehead atoms. The van der Waals surface area contributed by atoms with Crippen molar-refractivity contribution in [2.24, 2.45) is 0 Å². The molecule has 4 nitrogen and oxygen atoms in total. The molecule has 0 saturated heterocycles. The first-order chi connectivity index (χ1) is 11.7. The lowest BCUT2D eigenvalue weighted by atomic mass is 10.1. The number of thioether (sulfide) groups is 1. The molecule has 0 amide bonds. The molecule has 0 aliphatic carbocycles. The summed E-state index contributed by atoms with van der Waals surface area (Å²) >= 11 is 1.64. The molecule has 0 saturated carbocycles. The Kier molecular flexibility index (Phi) is 5.54. The maximum atomic E-state index is 5.75. The number of ether oxygens (including phenoxy) is 1. The van der Waals surface area contributed by atoms with Gasteiger partial charge in [0.05, 0.1) is 6.61 Å². The topological polar surface area (TPSA) is 50.8 Å². The van der Waals surface area contributed by atoms with E-state index >= 15 is 0 Å². The second kappa shape index (κ2) is 8.02. The summed E-state index contributed by atoms with van der Waals surface area (Å²) in [5.41, 5.74) is 3.51. The summed E-state index contributed by atoms with van der Waals surface area (Å²) in [6, 6.07) is 16.4. The van der Waals surface area contributed by atoms with Gasteiger partial charge in [0, 0.05) is 11.3 Å². The smallest absolute Gasteiger partial charge is 0.208 e. The summed E-state index contributed by atoms with van der Waals surface area (Å²) < 4.78 is 5.75. The molecule has 1 heterocycles. The number of rotatable bonds is 7. The summed E-state index contributed by atoms with van der Waals surface area (Å²) in [4.78, 5) is 4.53. The van der Waals surface area contributed by atoms with E-state index in [1.807, 2.05) is 12.1 Å². The van der Waals surface area contributed by atoms with E-state index < -0.39 is 0 Å². The van der Waals surface area contributed by atoms with Crippen LogP contribution < -0.4 is 4.74 Å². The van der Waals surface area contributed by atoms with Crippen molar-refractivity contribution >= 4 is 11.8 Å². The Balaban J connectivity index is 1.43. The van der Waals surface area contributed by atoms with Crippen molar-refractivity contribution in [3.05, 3.63) is 59.7 Å². The van der Waals surface area contributed by atoms with E-state index in [0.29, 0.717) is 6.61 Å². The van der Waals surface area contributed by atoms with Gasteiger partial charge >= 0.3 is 0 Å². The molecule has 0 atom stereocenters. The second-order valence-electron chi connectivity index (χ2n) is 5.70. The summed E-state index contributed by atoms with van der Waals surface area (Å²) in [6.45, 7) is 4.84. The number of H-pyrrole nitrogens is 1. The summed E-state index contributed by atoms with van der Waals surface area (Å²) in [7, 11) is 0. The highest BCUT2D eigenvalue weighted by molar-refractivity contribution is 7.99. The first-order valence-corrected chi connectivity index (χ1v) is 9.01. The number of aryl methyl sites for hydroxylation is 2. The van der Waals surface area contributed by atoms with Gasteiger partial charge < -0.3 is 4.74 Å². The van der Waals surface area contributed by atoms with Gasteiger partial charge in [-0.2, -0.15) is 0 Å². The van der Waals surface area contributed by atoms with E-state index in [-0.39, 0.29) is 0 Å². The first kappa shape index (κ1) is 16.6. The molecule has 24 heavy (non-hydrogen) atoms. The van der Waals surface area contributed by atoms with Crippen molar-refractivity contribution in [2.75, 3.05) is 12.4 Å². The van der Waals surface area contributed by atoms with Crippen LogP contribution in [0.4, 0.5) is 0 Å². The lowest BCUT2D eigenvalue weighted by Crippen LogP contribution is -1.98. The highest BCUT2D eigenvalue weighted by Crippen LogP contribution is 2.20. The zero-order chi connectivity index (χ0) is 16.8. The molecule has 0 fully saturated rings. The van der Waals surface area contributed by atoms with Crippen LogP contribution in [0.25, 0.3) is 11.4 Å². The van der Waals surface area contributed by atoms with E-state index in [1.165, 1.54) is 11.1 Å². The average molecular weight is 339 g/mol. The predicted octanol–water partition coefficient (Wildman–Crippen LogP) is 4.65. The van der Waals surface area contributed by atoms with E-state index in [9.17, 15) is 0 Å². The van der Waals surface area contributed by atoms with E-state index in [1.54, 1.807) is 11.8 Å². The molecule has 0 radical (unpaired) electrons. The molecule has 0 aliphatic heterocycles. The molecule has 1 N–H and O–H groups in total. The number of hydrogen-bond acceptors (Lipinski definition) is 4. The van der Waals surface area contributed by atoms with Crippen LogP contribution >= 0.6 is 11.8 Å². The highest BCUT2D eigenvalue weighted by atomic mass is 32.2. The monoisotopic (exact) mass is 339 g/mol. The minimum absolute atomic E-state index is 0.700. The molecule has 5 heteroatoms. The number of aromatic nitrogens is 3. The fourth-order valence-electron chi connectivity index (χ4n) is 2.27. The zero-order valence-corrected chi connectivity index (χ0v) is 14.8. The van der Waals surface area contributed by atoms with E-state index in [2.05, 4.69) is 65.4 Å². The minimum Gasteiger partial charge on any atom is -0.494 e. The molecule has 3 aromatic rings. The van der Waals surface area contributed by atoms with Gasteiger partial charge in [0.1, 0.15) is 5.75 Å². The van der Waals surface area contributed by atoms with Gasteiger partial charge in [-0.1, -0.05) is 53.7 Å². The van der Waals surface area contributed by atoms with Crippen molar-refractivity contribution in [2.45, 2.75) is 25.4 Å². The number of nitrogens with one attached hydrogen (secondary N) is 1. The van der Waals surface area contributed by atoms with Gasteiger partial charge in [-0.3, -0.25) is 5.10 Å². The summed E-state index contributed by atoms with van der Waals surface area (Å²) in [5.74, 6) is 2.67. The third-order valence-electron chi connectivity index (χ3n) is 3.57. The first-order valence-electron chi connectivity index (χ1n) is 8.02. The van der Waals surface area contributed by atoms with Crippen LogP contribution in [0.3, 0.4) is 0 Å². The SMILES string of the molecule is Cc1ccc(-c2nc(SCCCOc3cccc(C)c3)n[nH]2)cc1. The zero-order valence-electron chi connectivity index (χ0n) is 14.0. The third-order valence-corrected chi connectivity index (χ3v) is 4.50. The quantitative estimate of drug-likeness (QED) is 0.503. The van der Waals surface area contributed by atoms with Crippen molar-refractivity contribution < 1.29 is 4.74 Å². The molecular formula is C19H21N3OS. The average Bonchev–Trinajstić information content (AvgIpc) is 3.04. The van der Waals surface area contributed by atoms with Crippen molar-refractivity contribution in [3.8, 4) is 17.1 Å². The van der Waals surface area contributed by atoms with E-state index in [4.69, 9.17) is 4.74 Å². The number of aromatic amines is 1. The molecule has 124 valence electrons. The lowest BCUT2D eigenvalue weighted by molar-refractivity contribution is 0.318. The number of nitrogens with zero attached hydrogens (tertiary/aromatic N) is 2. The number of benzene rings is 2. The molecule has 0 unspecified atom stereocenters. The number of hydrogen-bond donors (Lipinski definition) is 1. The lowest BCUT2D eigenvalue weighted by Gasteiger charge is -2.05. The van der Waals surface area contributed by atoms with E-state index in [0.717, 1.165) is 34.5 Å². The van der Waals surface area contributed by atoms with Crippen molar-refractivity contribution in [1.29, 1.82) is 0 Å². The summed E-state index contributed by atoms with van der Waals surface area (Å²) in [5, 5.41) is 8.05. The van der Waals surface area contributed by atoms with Gasteiger partial charge in [0.15, 0.2) is 5.82 Å². The molecule has 2 aromatic carbocycles. The normalized spacial score (nSPS) is 10.8. The Bertz CT molecular complexity index is 783. The van der Waals surface area contributed by atoms with Crippen molar-refractivity contribution in [1.82, 2.24) is 15.2 Å². The molecular weight excluding hydrogens is 318 g/mol. The Morgan fingerprint density at radius 1 is 1.04 bits per heavy atom. The van der Waals surface area contributed by atoms with Crippen LogP contribution in [-0.2, 0) is 0 Å². The highest BCUT2D eigenvalue weighted by Gasteiger charge is 2.06. The van der Waals surface area contributed by atoms with Crippen LogP contribution in [0, 0.1) is 13.8 Å². The van der Waals surface area contributed by atoms with Crippen LogP contribution in [0.15, 0.2) is 53.7 Å². The third kappa shape index (κ3) is 4.61. The van der Waals surface area contributed by atoms with Crippen LogP contribution in [0.5, 0.6) is 5.75 Å². The molecule has 0 aliphatic rings. The maximum absolute atomic E-state index is 5.75. The summed E-state index contributed by atoms with van der Waals surface area (Å²) in [6.07, 6.45) is 0.951. The molecule has 3 rings (SSSR count). The Morgan fingerprint density at radius 2 is 1.88 bits per heavy atom. The van der Waals surface area contributed by atoms with Crippen molar-refractivity contribution in [3.63, 3.8) is 0 Å². The van der Waals surface area contributed by atoms with Gasteiger partial charge in [-0.05, 0) is 38.0 Å². The van der Waals surface area contributed by atoms with Gasteiger partial charge in [-0.25, -0.2) is 4.98 Å². The fourth-order valence-corrected chi connectivity index (χ4v) is 2.98. The Labute approximate surface area is 146 Å². The van der Waals surface area contributed by atoms with Crippen LogP contribution in [0.2, 0.25) is 0 Å². The predicted molar refractivity (Wildman–Crippen MR) is 98.6 cm³/mol. The Morgan fingerprint density at radius 3 is 2.67 bits per heavy atom. The molecule has 0 spiro atoms. The minimum atomic E-state index is 0.700. The second-order valence-corrected chi connectivity index (χ2v) is 6.76. The molecule has 1 aromatic heterocycles. The largest absolute Gasteiger partial charge is 0.494 e. The fraction of sp³-hybridized carbons (Fsp3) is 0.263. The standard InChI is InChI=1S/C19H21N3OS/c1-14-7-9-16(10-8-14)18-20-19(22-21-18)24-12-4-11-23-17-6-3-5-15(2)13-17/h3,5-10,13H,4,11-12H2,1-2H3,(H,20,21,22).